The summed E-state index contributed by atoms with van der Waals surface area (Å²) in [5.74, 6) is -1.26. The third-order valence-corrected chi connectivity index (χ3v) is 2.94. The second-order valence-corrected chi connectivity index (χ2v) is 4.58. The maximum absolute atomic E-state index is 12.0. The minimum Gasteiger partial charge on any atom is -0.480 e. The molecule has 1 heterocycles. The van der Waals surface area contributed by atoms with Crippen LogP contribution in [0.4, 0.5) is 0 Å². The van der Waals surface area contributed by atoms with Gasteiger partial charge >= 0.3 is 5.97 Å². The molecule has 0 atom stereocenters. The molecule has 0 radical (unpaired) electrons. The Labute approximate surface area is 116 Å². The zero-order valence-corrected chi connectivity index (χ0v) is 11.2. The molecule has 1 amide bonds. The summed E-state index contributed by atoms with van der Waals surface area (Å²) >= 11 is 0. The van der Waals surface area contributed by atoms with E-state index in [1.165, 1.54) is 4.57 Å². The maximum atomic E-state index is 12.0. The summed E-state index contributed by atoms with van der Waals surface area (Å²) in [6.07, 6.45) is 1.58. The van der Waals surface area contributed by atoms with Gasteiger partial charge in [-0.3, -0.25) is 9.59 Å². The van der Waals surface area contributed by atoms with Gasteiger partial charge in [0, 0.05) is 12.7 Å². The van der Waals surface area contributed by atoms with Crippen molar-refractivity contribution in [1.29, 1.82) is 0 Å². The van der Waals surface area contributed by atoms with Crippen LogP contribution in [0.15, 0.2) is 42.6 Å². The summed E-state index contributed by atoms with van der Waals surface area (Å²) in [7, 11) is 0. The molecule has 2 N–H and O–H groups in total. The minimum atomic E-state index is -0.978. The van der Waals surface area contributed by atoms with Crippen molar-refractivity contribution >= 4 is 11.9 Å². The molecule has 0 saturated heterocycles. The van der Waals surface area contributed by atoms with Crippen LogP contribution in [0.25, 0.3) is 0 Å². The summed E-state index contributed by atoms with van der Waals surface area (Å²) < 4.78 is 1.41. The molecule has 2 rings (SSSR count). The highest BCUT2D eigenvalue weighted by molar-refractivity contribution is 5.93. The molecule has 5 nitrogen and oxygen atoms in total. The van der Waals surface area contributed by atoms with Crippen LogP contribution >= 0.6 is 0 Å². The summed E-state index contributed by atoms with van der Waals surface area (Å²) in [6, 6.07) is 11.1. The minimum absolute atomic E-state index is 0.222. The third kappa shape index (κ3) is 3.47. The Balaban J connectivity index is 2.00. The van der Waals surface area contributed by atoms with Crippen molar-refractivity contribution in [3.8, 4) is 0 Å². The van der Waals surface area contributed by atoms with E-state index in [1.807, 2.05) is 31.2 Å². The van der Waals surface area contributed by atoms with Crippen molar-refractivity contribution in [3.63, 3.8) is 0 Å². The van der Waals surface area contributed by atoms with Crippen LogP contribution in [0.1, 0.15) is 21.6 Å². The van der Waals surface area contributed by atoms with Crippen molar-refractivity contribution in [2.24, 2.45) is 0 Å². The standard InChI is InChI=1S/C15H16N2O3/c1-11-4-6-12(7-5-11)9-16-15(20)13-3-2-8-17(13)10-14(18)19/h2-8H,9-10H2,1H3,(H,16,20)(H,18,19). The van der Waals surface area contributed by atoms with E-state index in [0.717, 1.165) is 11.1 Å². The maximum Gasteiger partial charge on any atom is 0.323 e. The summed E-state index contributed by atoms with van der Waals surface area (Å²) in [6.45, 7) is 2.19. The van der Waals surface area contributed by atoms with Crippen molar-refractivity contribution in [1.82, 2.24) is 9.88 Å². The van der Waals surface area contributed by atoms with Gasteiger partial charge in [-0.15, -0.1) is 0 Å². The van der Waals surface area contributed by atoms with Gasteiger partial charge in [0.2, 0.25) is 0 Å². The number of nitrogens with zero attached hydrogens (tertiary/aromatic N) is 1. The Morgan fingerprint density at radius 3 is 2.55 bits per heavy atom. The van der Waals surface area contributed by atoms with Crippen LogP contribution in [-0.2, 0) is 17.9 Å². The zero-order valence-electron chi connectivity index (χ0n) is 11.2. The van der Waals surface area contributed by atoms with E-state index in [1.54, 1.807) is 18.3 Å². The highest BCUT2D eigenvalue weighted by Crippen LogP contribution is 2.05. The second-order valence-electron chi connectivity index (χ2n) is 4.58. The van der Waals surface area contributed by atoms with Gasteiger partial charge in [-0.05, 0) is 24.6 Å². The molecule has 0 spiro atoms. The van der Waals surface area contributed by atoms with Crippen LogP contribution in [0.2, 0.25) is 0 Å². The van der Waals surface area contributed by atoms with Gasteiger partial charge in [0.25, 0.3) is 5.91 Å². The fourth-order valence-electron chi connectivity index (χ4n) is 1.88. The number of rotatable bonds is 5. The summed E-state index contributed by atoms with van der Waals surface area (Å²) in [5.41, 5.74) is 2.51. The molecule has 0 aliphatic rings. The third-order valence-electron chi connectivity index (χ3n) is 2.94. The summed E-state index contributed by atoms with van der Waals surface area (Å²) in [4.78, 5) is 22.7. The number of carboxylic acid groups (broad SMARTS) is 1. The number of amides is 1. The number of hydrogen-bond donors (Lipinski definition) is 2. The first kappa shape index (κ1) is 13.9. The number of aryl methyl sites for hydroxylation is 1. The van der Waals surface area contributed by atoms with Crippen molar-refractivity contribution in [2.75, 3.05) is 0 Å². The van der Waals surface area contributed by atoms with E-state index in [9.17, 15) is 9.59 Å². The SMILES string of the molecule is Cc1ccc(CNC(=O)c2cccn2CC(=O)O)cc1. The number of carbonyl (C=O) groups is 2. The number of aliphatic carboxylic acids is 1. The molecule has 1 aromatic heterocycles. The molecule has 0 saturated carbocycles. The molecule has 104 valence electrons. The Morgan fingerprint density at radius 2 is 1.90 bits per heavy atom. The number of hydrogen-bond acceptors (Lipinski definition) is 2. The monoisotopic (exact) mass is 272 g/mol. The molecule has 0 bridgehead atoms. The first-order valence-electron chi connectivity index (χ1n) is 6.27. The van der Waals surface area contributed by atoms with E-state index >= 15 is 0 Å². The predicted octanol–water partition coefficient (Wildman–Crippen LogP) is 1.81. The Morgan fingerprint density at radius 1 is 1.20 bits per heavy atom. The lowest BCUT2D eigenvalue weighted by molar-refractivity contribution is -0.137. The average Bonchev–Trinajstić information content (AvgIpc) is 2.85. The zero-order chi connectivity index (χ0) is 14.5. The van der Waals surface area contributed by atoms with Crippen LogP contribution in [0.5, 0.6) is 0 Å². The lowest BCUT2D eigenvalue weighted by Crippen LogP contribution is -2.26. The number of carbonyl (C=O) groups excluding carboxylic acids is 1. The first-order chi connectivity index (χ1) is 9.56. The van der Waals surface area contributed by atoms with E-state index in [2.05, 4.69) is 5.32 Å². The Hall–Kier alpha value is -2.56. The molecule has 0 unspecified atom stereocenters. The molecule has 20 heavy (non-hydrogen) atoms. The van der Waals surface area contributed by atoms with E-state index in [0.29, 0.717) is 12.2 Å². The second kappa shape index (κ2) is 6.06. The fraction of sp³-hybridized carbons (Fsp3) is 0.200. The number of nitrogens with one attached hydrogen (secondary N) is 1. The van der Waals surface area contributed by atoms with Crippen LogP contribution < -0.4 is 5.32 Å². The average molecular weight is 272 g/mol. The molecular weight excluding hydrogens is 256 g/mol. The molecule has 1 aromatic carbocycles. The smallest absolute Gasteiger partial charge is 0.323 e. The molecule has 2 aromatic rings. The van der Waals surface area contributed by atoms with Crippen molar-refractivity contribution < 1.29 is 14.7 Å². The van der Waals surface area contributed by atoms with Crippen molar-refractivity contribution in [2.45, 2.75) is 20.0 Å². The van der Waals surface area contributed by atoms with E-state index < -0.39 is 5.97 Å². The van der Waals surface area contributed by atoms with E-state index in [4.69, 9.17) is 5.11 Å². The number of benzene rings is 1. The molecule has 0 aliphatic carbocycles. The lowest BCUT2D eigenvalue weighted by Gasteiger charge is -2.08. The van der Waals surface area contributed by atoms with Gasteiger partial charge in [0.15, 0.2) is 0 Å². The largest absolute Gasteiger partial charge is 0.480 e. The summed E-state index contributed by atoms with van der Waals surface area (Å²) in [5, 5.41) is 11.6. The molecule has 0 aliphatic heterocycles. The van der Waals surface area contributed by atoms with Crippen LogP contribution in [-0.4, -0.2) is 21.6 Å². The van der Waals surface area contributed by atoms with E-state index in [-0.39, 0.29) is 12.5 Å². The molecule has 5 heteroatoms. The van der Waals surface area contributed by atoms with Crippen LogP contribution in [0, 0.1) is 6.92 Å². The number of carboxylic acids is 1. The van der Waals surface area contributed by atoms with Gasteiger partial charge in [-0.25, -0.2) is 0 Å². The normalized spacial score (nSPS) is 10.2. The fourth-order valence-corrected chi connectivity index (χ4v) is 1.88. The molecular formula is C15H16N2O3. The lowest BCUT2D eigenvalue weighted by atomic mass is 10.1. The van der Waals surface area contributed by atoms with Crippen molar-refractivity contribution in [3.05, 3.63) is 59.4 Å². The number of aromatic nitrogens is 1. The highest BCUT2D eigenvalue weighted by atomic mass is 16.4. The first-order valence-corrected chi connectivity index (χ1v) is 6.27. The van der Waals surface area contributed by atoms with Gasteiger partial charge < -0.3 is 15.0 Å². The quantitative estimate of drug-likeness (QED) is 0.872. The van der Waals surface area contributed by atoms with Gasteiger partial charge in [-0.1, -0.05) is 29.8 Å². The Bertz CT molecular complexity index is 614. The predicted molar refractivity (Wildman–Crippen MR) is 74.4 cm³/mol. The topological polar surface area (TPSA) is 71.3 Å². The van der Waals surface area contributed by atoms with Gasteiger partial charge in [-0.2, -0.15) is 0 Å². The van der Waals surface area contributed by atoms with Gasteiger partial charge in [0.1, 0.15) is 12.2 Å². The van der Waals surface area contributed by atoms with Crippen LogP contribution in [0.3, 0.4) is 0 Å². The Kier molecular flexibility index (Phi) is 4.20. The highest BCUT2D eigenvalue weighted by Gasteiger charge is 2.12. The molecule has 0 fully saturated rings. The van der Waals surface area contributed by atoms with Gasteiger partial charge in [0.05, 0.1) is 0 Å².